The van der Waals surface area contributed by atoms with E-state index in [1.165, 1.54) is 0 Å². The first-order valence-electron chi connectivity index (χ1n) is 3.51. The highest BCUT2D eigenvalue weighted by Gasteiger charge is 1.72. The molecular weight excluding hydrogens is 122 g/mol. The minimum atomic E-state index is 0.875. The highest BCUT2D eigenvalue weighted by Crippen LogP contribution is 1.74. The van der Waals surface area contributed by atoms with Gasteiger partial charge in [0.2, 0.25) is 0 Å². The molecule has 0 bridgehead atoms. The Morgan fingerprint density at radius 3 is 2.70 bits per heavy atom. The molecule has 0 atom stereocenters. The smallest absolute Gasteiger partial charge is 0.0140 e. The summed E-state index contributed by atoms with van der Waals surface area (Å²) in [5, 5.41) is 3.16. The van der Waals surface area contributed by atoms with Crippen LogP contribution >= 0.6 is 0 Å². The van der Waals surface area contributed by atoms with Gasteiger partial charge in [-0.2, -0.15) is 0 Å². The summed E-state index contributed by atoms with van der Waals surface area (Å²) in [6.45, 7) is 7.38. The van der Waals surface area contributed by atoms with Crippen molar-refractivity contribution in [1.82, 2.24) is 5.32 Å². The molecule has 0 saturated carbocycles. The van der Waals surface area contributed by atoms with E-state index in [4.69, 9.17) is 0 Å². The van der Waals surface area contributed by atoms with Crippen LogP contribution in [0.4, 0.5) is 0 Å². The normalized spacial score (nSPS) is 11.3. The molecule has 0 aromatic rings. The van der Waals surface area contributed by atoms with Gasteiger partial charge in [-0.1, -0.05) is 30.4 Å². The molecule has 0 spiro atoms. The maximum absolute atomic E-state index is 3.59. The Balaban J connectivity index is 3.09. The zero-order chi connectivity index (χ0) is 7.66. The summed E-state index contributed by atoms with van der Waals surface area (Å²) in [5.41, 5.74) is 0. The number of nitrogens with one attached hydrogen (secondary N) is 1. The van der Waals surface area contributed by atoms with E-state index in [-0.39, 0.29) is 0 Å². The summed E-state index contributed by atoms with van der Waals surface area (Å²) in [7, 11) is 0. The Bertz CT molecular complexity index is 123. The molecule has 0 fully saturated rings. The average Bonchev–Trinajstić information content (AvgIpc) is 1.97. The second-order valence-electron chi connectivity index (χ2n) is 1.90. The standard InChI is InChI=1S/C9H15N/c1-3-5-6-7-9-10-8-4-2/h3-7,10H,2,8-9H2,1H3/b5-3+,7-6+. The van der Waals surface area contributed by atoms with E-state index in [0.29, 0.717) is 0 Å². The SMILES string of the molecule is C=CCNC/C=C/C=C/C. The van der Waals surface area contributed by atoms with E-state index in [1.807, 2.05) is 31.2 Å². The Hall–Kier alpha value is -0.820. The van der Waals surface area contributed by atoms with Gasteiger partial charge in [0, 0.05) is 13.1 Å². The molecule has 1 N–H and O–H groups in total. The Kier molecular flexibility index (Phi) is 7.51. The van der Waals surface area contributed by atoms with E-state index in [1.54, 1.807) is 0 Å². The third-order valence-corrected chi connectivity index (χ3v) is 0.991. The maximum Gasteiger partial charge on any atom is 0.0140 e. The number of hydrogen-bond acceptors (Lipinski definition) is 1. The summed E-state index contributed by atoms with van der Waals surface area (Å²) in [6.07, 6.45) is 9.96. The minimum Gasteiger partial charge on any atom is -0.310 e. The lowest BCUT2D eigenvalue weighted by Crippen LogP contribution is -2.12. The molecular formula is C9H15N. The zero-order valence-corrected chi connectivity index (χ0v) is 6.51. The van der Waals surface area contributed by atoms with Gasteiger partial charge in [-0.25, -0.2) is 0 Å². The fraction of sp³-hybridized carbons (Fsp3) is 0.333. The van der Waals surface area contributed by atoms with Crippen LogP contribution in [0.15, 0.2) is 37.0 Å². The molecule has 1 heteroatoms. The van der Waals surface area contributed by atoms with Crippen molar-refractivity contribution in [2.75, 3.05) is 13.1 Å². The van der Waals surface area contributed by atoms with Crippen molar-refractivity contribution in [3.63, 3.8) is 0 Å². The first-order chi connectivity index (χ1) is 4.91. The van der Waals surface area contributed by atoms with Gasteiger partial charge in [-0.05, 0) is 6.92 Å². The molecule has 0 saturated heterocycles. The van der Waals surface area contributed by atoms with Gasteiger partial charge in [0.25, 0.3) is 0 Å². The third-order valence-electron chi connectivity index (χ3n) is 0.991. The van der Waals surface area contributed by atoms with Crippen LogP contribution in [0.3, 0.4) is 0 Å². The fourth-order valence-electron chi connectivity index (χ4n) is 0.526. The van der Waals surface area contributed by atoms with Crippen LogP contribution in [0.2, 0.25) is 0 Å². The highest BCUT2D eigenvalue weighted by atomic mass is 14.8. The predicted octanol–water partition coefficient (Wildman–Crippen LogP) is 1.89. The predicted molar refractivity (Wildman–Crippen MR) is 47.0 cm³/mol. The van der Waals surface area contributed by atoms with Crippen LogP contribution in [-0.2, 0) is 0 Å². The summed E-state index contributed by atoms with van der Waals surface area (Å²) >= 11 is 0. The second kappa shape index (κ2) is 8.18. The lowest BCUT2D eigenvalue weighted by atomic mass is 10.4. The van der Waals surface area contributed by atoms with Crippen LogP contribution in [0.25, 0.3) is 0 Å². The molecule has 0 aromatic heterocycles. The Morgan fingerprint density at radius 1 is 1.30 bits per heavy atom. The average molecular weight is 137 g/mol. The Morgan fingerprint density at radius 2 is 2.10 bits per heavy atom. The summed E-state index contributed by atoms with van der Waals surface area (Å²) in [5.74, 6) is 0. The van der Waals surface area contributed by atoms with Crippen LogP contribution in [-0.4, -0.2) is 13.1 Å². The summed E-state index contributed by atoms with van der Waals surface area (Å²) in [6, 6.07) is 0. The maximum atomic E-state index is 3.59. The summed E-state index contributed by atoms with van der Waals surface area (Å²) < 4.78 is 0. The molecule has 0 radical (unpaired) electrons. The number of allylic oxidation sites excluding steroid dienone is 3. The molecule has 1 nitrogen and oxygen atoms in total. The van der Waals surface area contributed by atoms with E-state index in [0.717, 1.165) is 13.1 Å². The van der Waals surface area contributed by atoms with Crippen LogP contribution in [0, 0.1) is 0 Å². The van der Waals surface area contributed by atoms with Crippen molar-refractivity contribution >= 4 is 0 Å². The molecule has 0 amide bonds. The molecule has 56 valence electrons. The molecule has 0 aliphatic heterocycles. The molecule has 0 aromatic carbocycles. The van der Waals surface area contributed by atoms with Crippen LogP contribution in [0.5, 0.6) is 0 Å². The quantitative estimate of drug-likeness (QED) is 0.346. The van der Waals surface area contributed by atoms with Crippen molar-refractivity contribution in [3.8, 4) is 0 Å². The van der Waals surface area contributed by atoms with Crippen molar-refractivity contribution < 1.29 is 0 Å². The van der Waals surface area contributed by atoms with Crippen LogP contribution in [0.1, 0.15) is 6.92 Å². The first kappa shape index (κ1) is 9.18. The largest absolute Gasteiger partial charge is 0.310 e. The second-order valence-corrected chi connectivity index (χ2v) is 1.90. The lowest BCUT2D eigenvalue weighted by molar-refractivity contribution is 0.844. The fourth-order valence-corrected chi connectivity index (χ4v) is 0.526. The topological polar surface area (TPSA) is 12.0 Å². The van der Waals surface area contributed by atoms with Crippen molar-refractivity contribution in [2.24, 2.45) is 0 Å². The molecule has 0 aliphatic rings. The summed E-state index contributed by atoms with van der Waals surface area (Å²) in [4.78, 5) is 0. The number of hydrogen-bond donors (Lipinski definition) is 1. The molecule has 10 heavy (non-hydrogen) atoms. The van der Waals surface area contributed by atoms with Gasteiger partial charge < -0.3 is 5.32 Å². The van der Waals surface area contributed by atoms with E-state index in [9.17, 15) is 0 Å². The Labute approximate surface area is 63.1 Å². The lowest BCUT2D eigenvalue weighted by Gasteiger charge is -1.91. The number of rotatable bonds is 5. The van der Waals surface area contributed by atoms with Gasteiger partial charge in [-0.15, -0.1) is 6.58 Å². The van der Waals surface area contributed by atoms with Gasteiger partial charge in [0.05, 0.1) is 0 Å². The van der Waals surface area contributed by atoms with E-state index in [2.05, 4.69) is 18.0 Å². The first-order valence-corrected chi connectivity index (χ1v) is 3.51. The van der Waals surface area contributed by atoms with Crippen molar-refractivity contribution in [2.45, 2.75) is 6.92 Å². The minimum absolute atomic E-state index is 0.875. The monoisotopic (exact) mass is 137 g/mol. The zero-order valence-electron chi connectivity index (χ0n) is 6.51. The molecule has 0 unspecified atom stereocenters. The van der Waals surface area contributed by atoms with Gasteiger partial charge >= 0.3 is 0 Å². The van der Waals surface area contributed by atoms with E-state index < -0.39 is 0 Å². The van der Waals surface area contributed by atoms with Gasteiger partial charge in [0.15, 0.2) is 0 Å². The van der Waals surface area contributed by atoms with Gasteiger partial charge in [0.1, 0.15) is 0 Å². The van der Waals surface area contributed by atoms with Crippen molar-refractivity contribution in [1.29, 1.82) is 0 Å². The highest BCUT2D eigenvalue weighted by molar-refractivity contribution is 5.01. The van der Waals surface area contributed by atoms with E-state index >= 15 is 0 Å². The van der Waals surface area contributed by atoms with Crippen molar-refractivity contribution in [3.05, 3.63) is 37.0 Å². The van der Waals surface area contributed by atoms with Crippen LogP contribution < -0.4 is 5.32 Å². The molecule has 0 aliphatic carbocycles. The molecule has 0 heterocycles. The van der Waals surface area contributed by atoms with Gasteiger partial charge in [-0.3, -0.25) is 0 Å². The third kappa shape index (κ3) is 7.18. The molecule has 0 rings (SSSR count).